The highest BCUT2D eigenvalue weighted by Gasteiger charge is 2.33. The minimum atomic E-state index is -1.15. The lowest BCUT2D eigenvalue weighted by molar-refractivity contribution is -0.144. The lowest BCUT2D eigenvalue weighted by Crippen LogP contribution is -2.52. The number of aliphatic carboxylic acids is 1. The number of H-pyrrole nitrogens is 1. The first-order valence-corrected chi connectivity index (χ1v) is 8.95. The summed E-state index contributed by atoms with van der Waals surface area (Å²) in [4.78, 5) is 52.4. The van der Waals surface area contributed by atoms with Crippen LogP contribution < -0.4 is 16.6 Å². The lowest BCUT2D eigenvalue weighted by atomic mass is 9.97. The van der Waals surface area contributed by atoms with Crippen LogP contribution in [0.3, 0.4) is 0 Å². The SMILES string of the molecule is CC[C@H](C)[C@@H](NC(=O)[C@H](C(C)C)n1c(=O)[nH]c2ccccc2c1=O)C(=O)O. The van der Waals surface area contributed by atoms with Crippen LogP contribution in [0.4, 0.5) is 0 Å². The molecule has 3 N–H and O–H groups in total. The molecular weight excluding hydrogens is 350 g/mol. The molecule has 1 aromatic carbocycles. The maximum atomic E-state index is 12.9. The van der Waals surface area contributed by atoms with Crippen LogP contribution >= 0.6 is 0 Å². The second kappa shape index (κ2) is 8.20. The van der Waals surface area contributed by atoms with Gasteiger partial charge in [0, 0.05) is 0 Å². The van der Waals surface area contributed by atoms with Crippen LogP contribution in [0.1, 0.15) is 40.2 Å². The van der Waals surface area contributed by atoms with Gasteiger partial charge in [-0.05, 0) is 24.0 Å². The van der Waals surface area contributed by atoms with Gasteiger partial charge in [0.15, 0.2) is 0 Å². The van der Waals surface area contributed by atoms with Crippen molar-refractivity contribution < 1.29 is 14.7 Å². The highest BCUT2D eigenvalue weighted by atomic mass is 16.4. The average Bonchev–Trinajstić information content (AvgIpc) is 2.61. The van der Waals surface area contributed by atoms with Crippen molar-refractivity contribution in [2.45, 2.75) is 46.2 Å². The van der Waals surface area contributed by atoms with Crippen molar-refractivity contribution in [3.63, 3.8) is 0 Å². The number of benzene rings is 1. The number of rotatable bonds is 7. The quantitative estimate of drug-likeness (QED) is 0.677. The van der Waals surface area contributed by atoms with E-state index >= 15 is 0 Å². The molecule has 1 amide bonds. The van der Waals surface area contributed by atoms with Gasteiger partial charge in [-0.1, -0.05) is 46.2 Å². The van der Waals surface area contributed by atoms with Crippen molar-refractivity contribution in [3.05, 3.63) is 45.1 Å². The standard InChI is InChI=1S/C19H25N3O5/c1-5-11(4)14(18(25)26)21-16(23)15(10(2)3)22-17(24)12-8-6-7-9-13(12)20-19(22)27/h6-11,14-15H,5H2,1-4H3,(H,20,27)(H,21,23)(H,25,26)/t11-,14+,15-/m0/s1. The number of aromatic nitrogens is 2. The van der Waals surface area contributed by atoms with Crippen LogP contribution in [0.5, 0.6) is 0 Å². The zero-order valence-corrected chi connectivity index (χ0v) is 15.9. The smallest absolute Gasteiger partial charge is 0.329 e. The largest absolute Gasteiger partial charge is 0.480 e. The summed E-state index contributed by atoms with van der Waals surface area (Å²) < 4.78 is 0.873. The molecule has 0 aliphatic carbocycles. The van der Waals surface area contributed by atoms with E-state index in [4.69, 9.17) is 0 Å². The highest BCUT2D eigenvalue weighted by molar-refractivity contribution is 5.86. The first kappa shape index (κ1) is 20.4. The molecule has 8 nitrogen and oxygen atoms in total. The van der Waals surface area contributed by atoms with Crippen LogP contribution in [0.2, 0.25) is 0 Å². The minimum absolute atomic E-state index is 0.285. The molecule has 146 valence electrons. The Bertz CT molecular complexity index is 960. The van der Waals surface area contributed by atoms with Gasteiger partial charge in [-0.2, -0.15) is 0 Å². The molecule has 0 bridgehead atoms. The van der Waals surface area contributed by atoms with Gasteiger partial charge < -0.3 is 15.4 Å². The van der Waals surface area contributed by atoms with Crippen LogP contribution in [0.25, 0.3) is 10.9 Å². The van der Waals surface area contributed by atoms with E-state index in [9.17, 15) is 24.3 Å². The zero-order chi connectivity index (χ0) is 20.3. The molecule has 2 rings (SSSR count). The normalized spacial score (nSPS) is 14.7. The number of aromatic amines is 1. The summed E-state index contributed by atoms with van der Waals surface area (Å²) in [5.41, 5.74) is -0.906. The number of nitrogens with one attached hydrogen (secondary N) is 2. The molecule has 0 unspecified atom stereocenters. The van der Waals surface area contributed by atoms with E-state index in [2.05, 4.69) is 10.3 Å². The number of carboxylic acid groups (broad SMARTS) is 1. The Morgan fingerprint density at radius 2 is 1.81 bits per heavy atom. The maximum absolute atomic E-state index is 12.9. The molecule has 0 saturated heterocycles. The average molecular weight is 375 g/mol. The number of nitrogens with zero attached hydrogens (tertiary/aromatic N) is 1. The number of hydrogen-bond donors (Lipinski definition) is 3. The number of carbonyl (C=O) groups excluding carboxylic acids is 1. The molecule has 0 radical (unpaired) electrons. The Balaban J connectivity index is 2.54. The van der Waals surface area contributed by atoms with Gasteiger partial charge in [0.1, 0.15) is 12.1 Å². The molecular formula is C19H25N3O5. The molecule has 0 fully saturated rings. The summed E-state index contributed by atoms with van der Waals surface area (Å²) in [6, 6.07) is 4.31. The van der Waals surface area contributed by atoms with Gasteiger partial charge in [-0.25, -0.2) is 14.2 Å². The second-order valence-corrected chi connectivity index (χ2v) is 7.05. The Labute approximate surface area is 156 Å². The number of carbonyl (C=O) groups is 2. The van der Waals surface area contributed by atoms with E-state index in [0.29, 0.717) is 11.9 Å². The fraction of sp³-hybridized carbons (Fsp3) is 0.474. The van der Waals surface area contributed by atoms with Crippen molar-refractivity contribution in [2.75, 3.05) is 0 Å². The van der Waals surface area contributed by atoms with Gasteiger partial charge in [0.25, 0.3) is 5.56 Å². The number of para-hydroxylation sites is 1. The van der Waals surface area contributed by atoms with Crippen molar-refractivity contribution in [2.24, 2.45) is 11.8 Å². The molecule has 1 aromatic heterocycles. The Kier molecular flexibility index (Phi) is 6.20. The number of fused-ring (bicyclic) bond motifs is 1. The van der Waals surface area contributed by atoms with Crippen molar-refractivity contribution >= 4 is 22.8 Å². The summed E-state index contributed by atoms with van der Waals surface area (Å²) in [7, 11) is 0. The Morgan fingerprint density at radius 3 is 2.37 bits per heavy atom. The van der Waals surface area contributed by atoms with Crippen LogP contribution in [0, 0.1) is 11.8 Å². The van der Waals surface area contributed by atoms with E-state index < -0.39 is 41.1 Å². The molecule has 1 heterocycles. The summed E-state index contributed by atoms with van der Waals surface area (Å²) >= 11 is 0. The molecule has 27 heavy (non-hydrogen) atoms. The summed E-state index contributed by atoms with van der Waals surface area (Å²) in [6.45, 7) is 6.94. The van der Waals surface area contributed by atoms with E-state index in [-0.39, 0.29) is 11.3 Å². The lowest BCUT2D eigenvalue weighted by Gasteiger charge is -2.26. The molecule has 2 aromatic rings. The molecule has 0 saturated carbocycles. The number of amides is 1. The fourth-order valence-corrected chi connectivity index (χ4v) is 3.07. The van der Waals surface area contributed by atoms with Crippen LogP contribution in [-0.4, -0.2) is 32.6 Å². The van der Waals surface area contributed by atoms with Gasteiger partial charge in [-0.15, -0.1) is 0 Å². The van der Waals surface area contributed by atoms with Gasteiger partial charge in [0.05, 0.1) is 10.9 Å². The van der Waals surface area contributed by atoms with Gasteiger partial charge >= 0.3 is 11.7 Å². The predicted molar refractivity (Wildman–Crippen MR) is 102 cm³/mol. The first-order chi connectivity index (χ1) is 12.7. The van der Waals surface area contributed by atoms with Crippen molar-refractivity contribution in [1.29, 1.82) is 0 Å². The Morgan fingerprint density at radius 1 is 1.19 bits per heavy atom. The highest BCUT2D eigenvalue weighted by Crippen LogP contribution is 2.17. The minimum Gasteiger partial charge on any atom is -0.480 e. The van der Waals surface area contributed by atoms with Crippen molar-refractivity contribution in [1.82, 2.24) is 14.9 Å². The van der Waals surface area contributed by atoms with E-state index in [0.717, 1.165) is 4.57 Å². The monoisotopic (exact) mass is 375 g/mol. The van der Waals surface area contributed by atoms with E-state index in [1.54, 1.807) is 45.0 Å². The summed E-state index contributed by atoms with van der Waals surface area (Å²) in [5.74, 6) is -2.53. The first-order valence-electron chi connectivity index (χ1n) is 8.95. The molecule has 0 aliphatic rings. The van der Waals surface area contributed by atoms with Gasteiger partial charge in [0.2, 0.25) is 5.91 Å². The molecule has 8 heteroatoms. The van der Waals surface area contributed by atoms with Crippen molar-refractivity contribution in [3.8, 4) is 0 Å². The maximum Gasteiger partial charge on any atom is 0.329 e. The molecule has 0 aliphatic heterocycles. The van der Waals surface area contributed by atoms with Crippen LogP contribution in [0.15, 0.2) is 33.9 Å². The van der Waals surface area contributed by atoms with Gasteiger partial charge in [-0.3, -0.25) is 9.59 Å². The van der Waals surface area contributed by atoms with E-state index in [1.807, 2.05) is 6.92 Å². The molecule has 0 spiro atoms. The number of hydrogen-bond acceptors (Lipinski definition) is 4. The zero-order valence-electron chi connectivity index (χ0n) is 15.9. The molecule has 3 atom stereocenters. The third-order valence-electron chi connectivity index (χ3n) is 4.79. The predicted octanol–water partition coefficient (Wildman–Crippen LogP) is 1.50. The second-order valence-electron chi connectivity index (χ2n) is 7.05. The van der Waals surface area contributed by atoms with Crippen LogP contribution in [-0.2, 0) is 9.59 Å². The third kappa shape index (κ3) is 4.10. The third-order valence-corrected chi connectivity index (χ3v) is 4.79. The fourth-order valence-electron chi connectivity index (χ4n) is 3.07. The Hall–Kier alpha value is -2.90. The number of carboxylic acids is 1. The summed E-state index contributed by atoms with van der Waals surface area (Å²) in [5, 5.41) is 12.2. The van der Waals surface area contributed by atoms with E-state index in [1.165, 1.54) is 0 Å². The topological polar surface area (TPSA) is 121 Å². The summed E-state index contributed by atoms with van der Waals surface area (Å²) in [6.07, 6.45) is 0.556.